The van der Waals surface area contributed by atoms with E-state index in [0.29, 0.717) is 16.6 Å². The third kappa shape index (κ3) is 4.40. The minimum atomic E-state index is -0.410. The number of nitro benzene ring substituents is 1. The van der Waals surface area contributed by atoms with E-state index in [0.717, 1.165) is 32.2 Å². The van der Waals surface area contributed by atoms with Crippen LogP contribution in [0.5, 0.6) is 0 Å². The van der Waals surface area contributed by atoms with Crippen molar-refractivity contribution in [3.63, 3.8) is 0 Å². The first-order chi connectivity index (χ1) is 10.1. The Balaban J connectivity index is 1.91. The van der Waals surface area contributed by atoms with Gasteiger partial charge in [0.05, 0.1) is 28.2 Å². The lowest BCUT2D eigenvalue weighted by Gasteiger charge is -2.29. The number of nitro groups is 1. The lowest BCUT2D eigenvalue weighted by molar-refractivity contribution is -0.386. The average molecular weight is 313 g/mol. The third-order valence-corrected chi connectivity index (χ3v) is 4.28. The zero-order valence-electron chi connectivity index (χ0n) is 12.2. The summed E-state index contributed by atoms with van der Waals surface area (Å²) in [6.07, 6.45) is 4.30. The molecular formula is C15H21ClN2O3. The van der Waals surface area contributed by atoms with Crippen LogP contribution in [-0.4, -0.2) is 23.6 Å². The molecule has 0 saturated heterocycles. The van der Waals surface area contributed by atoms with E-state index >= 15 is 0 Å². The summed E-state index contributed by atoms with van der Waals surface area (Å²) in [5.74, 6) is 0. The molecule has 0 amide bonds. The van der Waals surface area contributed by atoms with E-state index in [2.05, 4.69) is 12.2 Å². The summed E-state index contributed by atoms with van der Waals surface area (Å²) in [7, 11) is 0. The third-order valence-electron chi connectivity index (χ3n) is 3.92. The SMILES string of the molecule is CCNC1CCC(OCc2c(Cl)cccc2[N+](=O)[O-])CC1. The van der Waals surface area contributed by atoms with E-state index in [1.807, 2.05) is 0 Å². The molecule has 0 spiro atoms. The molecule has 21 heavy (non-hydrogen) atoms. The number of nitrogens with zero attached hydrogens (tertiary/aromatic N) is 1. The molecule has 2 rings (SSSR count). The Labute approximate surface area is 129 Å². The molecule has 0 heterocycles. The molecule has 0 bridgehead atoms. The van der Waals surface area contributed by atoms with Crippen molar-refractivity contribution >= 4 is 17.3 Å². The standard InChI is InChI=1S/C15H21ClN2O3/c1-2-17-11-6-8-12(9-7-11)21-10-13-14(16)4-3-5-15(13)18(19)20/h3-5,11-12,17H,2,6-10H2,1H3. The minimum absolute atomic E-state index is 0.0313. The van der Waals surface area contributed by atoms with Gasteiger partial charge < -0.3 is 10.1 Å². The van der Waals surface area contributed by atoms with Crippen LogP contribution in [0.3, 0.4) is 0 Å². The normalized spacial score (nSPS) is 22.2. The molecule has 6 heteroatoms. The van der Waals surface area contributed by atoms with E-state index in [1.165, 1.54) is 6.07 Å². The fraction of sp³-hybridized carbons (Fsp3) is 0.600. The molecule has 0 radical (unpaired) electrons. The van der Waals surface area contributed by atoms with Crippen LogP contribution < -0.4 is 5.32 Å². The molecule has 0 unspecified atom stereocenters. The van der Waals surface area contributed by atoms with Gasteiger partial charge in [0.15, 0.2) is 0 Å². The van der Waals surface area contributed by atoms with Crippen molar-refractivity contribution in [1.29, 1.82) is 0 Å². The molecule has 1 fully saturated rings. The first-order valence-electron chi connectivity index (χ1n) is 7.38. The van der Waals surface area contributed by atoms with Crippen LogP contribution in [0.4, 0.5) is 5.69 Å². The van der Waals surface area contributed by atoms with Crippen molar-refractivity contribution in [1.82, 2.24) is 5.32 Å². The zero-order chi connectivity index (χ0) is 15.2. The summed E-state index contributed by atoms with van der Waals surface area (Å²) in [6.45, 7) is 3.30. The van der Waals surface area contributed by atoms with Gasteiger partial charge in [-0.1, -0.05) is 24.6 Å². The molecular weight excluding hydrogens is 292 g/mol. The maximum atomic E-state index is 11.0. The summed E-state index contributed by atoms with van der Waals surface area (Å²) >= 11 is 6.06. The molecule has 0 aromatic heterocycles. The molecule has 1 N–H and O–H groups in total. The lowest BCUT2D eigenvalue weighted by Crippen LogP contribution is -2.35. The van der Waals surface area contributed by atoms with Gasteiger partial charge in [0, 0.05) is 12.1 Å². The van der Waals surface area contributed by atoms with Gasteiger partial charge in [0.1, 0.15) is 0 Å². The Kier molecular flexibility index (Phi) is 5.96. The Morgan fingerprint density at radius 3 is 2.71 bits per heavy atom. The highest BCUT2D eigenvalue weighted by atomic mass is 35.5. The van der Waals surface area contributed by atoms with E-state index in [1.54, 1.807) is 12.1 Å². The quantitative estimate of drug-likeness (QED) is 0.643. The lowest BCUT2D eigenvalue weighted by atomic mass is 9.93. The predicted molar refractivity (Wildman–Crippen MR) is 82.6 cm³/mol. The summed E-state index contributed by atoms with van der Waals surface area (Å²) in [4.78, 5) is 10.6. The number of nitrogens with one attached hydrogen (secondary N) is 1. The van der Waals surface area contributed by atoms with Crippen molar-refractivity contribution in [2.75, 3.05) is 6.54 Å². The monoisotopic (exact) mass is 312 g/mol. The molecule has 116 valence electrons. The number of rotatable bonds is 6. The first-order valence-corrected chi connectivity index (χ1v) is 7.76. The van der Waals surface area contributed by atoms with Gasteiger partial charge >= 0.3 is 0 Å². The topological polar surface area (TPSA) is 64.4 Å². The zero-order valence-corrected chi connectivity index (χ0v) is 12.9. The Morgan fingerprint density at radius 2 is 2.10 bits per heavy atom. The molecule has 1 aliphatic carbocycles. The summed E-state index contributed by atoms with van der Waals surface area (Å²) in [5.41, 5.74) is 0.502. The number of benzene rings is 1. The number of hydrogen-bond acceptors (Lipinski definition) is 4. The number of ether oxygens (including phenoxy) is 1. The minimum Gasteiger partial charge on any atom is -0.373 e. The van der Waals surface area contributed by atoms with Crippen LogP contribution in [0.1, 0.15) is 38.2 Å². The van der Waals surface area contributed by atoms with Gasteiger partial charge in [-0.25, -0.2) is 0 Å². The van der Waals surface area contributed by atoms with Crippen LogP contribution in [0.15, 0.2) is 18.2 Å². The van der Waals surface area contributed by atoms with Crippen LogP contribution in [0.2, 0.25) is 5.02 Å². The molecule has 1 aromatic rings. The van der Waals surface area contributed by atoms with Crippen LogP contribution in [0.25, 0.3) is 0 Å². The average Bonchev–Trinajstić information content (AvgIpc) is 2.47. The van der Waals surface area contributed by atoms with Gasteiger partial charge in [-0.15, -0.1) is 0 Å². The molecule has 1 saturated carbocycles. The van der Waals surface area contributed by atoms with E-state index < -0.39 is 4.92 Å². The van der Waals surface area contributed by atoms with E-state index in [4.69, 9.17) is 16.3 Å². The second kappa shape index (κ2) is 7.73. The summed E-state index contributed by atoms with van der Waals surface area (Å²) < 4.78 is 5.85. The van der Waals surface area contributed by atoms with Crippen LogP contribution >= 0.6 is 11.6 Å². The fourth-order valence-electron chi connectivity index (χ4n) is 2.78. The first kappa shape index (κ1) is 16.2. The molecule has 0 atom stereocenters. The Hall–Kier alpha value is -1.17. The van der Waals surface area contributed by atoms with Crippen LogP contribution in [-0.2, 0) is 11.3 Å². The summed E-state index contributed by atoms with van der Waals surface area (Å²) in [6, 6.07) is 5.29. The molecule has 5 nitrogen and oxygen atoms in total. The van der Waals surface area contributed by atoms with E-state index in [-0.39, 0.29) is 18.4 Å². The second-order valence-corrected chi connectivity index (χ2v) is 5.74. The van der Waals surface area contributed by atoms with Crippen molar-refractivity contribution < 1.29 is 9.66 Å². The highest BCUT2D eigenvalue weighted by Gasteiger charge is 2.23. The van der Waals surface area contributed by atoms with Gasteiger partial charge in [0.25, 0.3) is 5.69 Å². The fourth-order valence-corrected chi connectivity index (χ4v) is 3.01. The molecule has 1 aromatic carbocycles. The second-order valence-electron chi connectivity index (χ2n) is 5.34. The van der Waals surface area contributed by atoms with Crippen molar-refractivity contribution in [3.05, 3.63) is 38.9 Å². The van der Waals surface area contributed by atoms with Gasteiger partial charge in [0.2, 0.25) is 0 Å². The largest absolute Gasteiger partial charge is 0.373 e. The van der Waals surface area contributed by atoms with E-state index in [9.17, 15) is 10.1 Å². The number of hydrogen-bond donors (Lipinski definition) is 1. The maximum Gasteiger partial charge on any atom is 0.276 e. The Morgan fingerprint density at radius 1 is 1.38 bits per heavy atom. The van der Waals surface area contributed by atoms with Crippen LogP contribution in [0, 0.1) is 10.1 Å². The molecule has 0 aliphatic heterocycles. The van der Waals surface area contributed by atoms with Gasteiger partial charge in [-0.2, -0.15) is 0 Å². The predicted octanol–water partition coefficient (Wildman–Crippen LogP) is 3.69. The Bertz CT molecular complexity index is 488. The highest BCUT2D eigenvalue weighted by Crippen LogP contribution is 2.29. The van der Waals surface area contributed by atoms with Crippen molar-refractivity contribution in [2.45, 2.75) is 51.4 Å². The maximum absolute atomic E-state index is 11.0. The van der Waals surface area contributed by atoms with Crippen molar-refractivity contribution in [3.8, 4) is 0 Å². The van der Waals surface area contributed by atoms with Crippen molar-refractivity contribution in [2.24, 2.45) is 0 Å². The number of halogens is 1. The molecule has 1 aliphatic rings. The summed E-state index contributed by atoms with van der Waals surface area (Å²) in [5, 5.41) is 14.9. The highest BCUT2D eigenvalue weighted by molar-refractivity contribution is 6.31. The smallest absolute Gasteiger partial charge is 0.276 e. The van der Waals surface area contributed by atoms with Gasteiger partial charge in [-0.3, -0.25) is 10.1 Å². The van der Waals surface area contributed by atoms with Gasteiger partial charge in [-0.05, 0) is 38.3 Å².